The van der Waals surface area contributed by atoms with Gasteiger partial charge in [-0.05, 0) is 0 Å². The third kappa shape index (κ3) is 1.68. The van der Waals surface area contributed by atoms with Gasteiger partial charge in [0.15, 0.2) is 0 Å². The molecule has 0 bridgehead atoms. The van der Waals surface area contributed by atoms with Gasteiger partial charge in [-0.25, -0.2) is 0 Å². The molecule has 1 rings (SSSR count). The zero-order valence-electron chi connectivity index (χ0n) is 4.48. The standard InChI is InChI=1S/C4H8N2O.ClH/c5-3-1-4(7)6-2-3;/h3H,1-2,5H2,(H,6,7);1H. The summed E-state index contributed by atoms with van der Waals surface area (Å²) in [6.07, 6.45) is 0.611. The molecule has 0 saturated carbocycles. The fraction of sp³-hybridized carbons (Fsp3) is 0.750. The highest BCUT2D eigenvalue weighted by Crippen LogP contribution is 1.90. The molecule has 0 aliphatic carbocycles. The van der Waals surface area contributed by atoms with Gasteiger partial charge in [-0.3, -0.25) is 4.79 Å². The van der Waals surface area contributed by atoms with Crippen LogP contribution in [0.25, 0.3) is 0 Å². The van der Waals surface area contributed by atoms with E-state index in [-0.39, 0.29) is 18.3 Å². The van der Waals surface area contributed by atoms with Crippen LogP contribution in [0.15, 0.2) is 0 Å². The van der Waals surface area contributed by atoms with Crippen molar-refractivity contribution in [2.24, 2.45) is 0 Å². The van der Waals surface area contributed by atoms with E-state index in [1.54, 1.807) is 0 Å². The van der Waals surface area contributed by atoms with Crippen LogP contribution < -0.4 is 23.5 Å². The lowest BCUT2D eigenvalue weighted by Gasteiger charge is -1.86. The van der Waals surface area contributed by atoms with E-state index < -0.39 is 0 Å². The summed E-state index contributed by atoms with van der Waals surface area (Å²) in [6, 6.07) is 0.312. The Morgan fingerprint density at radius 3 is 2.50 bits per heavy atom. The van der Waals surface area contributed by atoms with Gasteiger partial charge in [0.25, 0.3) is 0 Å². The van der Waals surface area contributed by atoms with Crippen molar-refractivity contribution in [1.29, 1.82) is 0 Å². The van der Waals surface area contributed by atoms with E-state index in [1.807, 2.05) is 0 Å². The van der Waals surface area contributed by atoms with Gasteiger partial charge in [0.2, 0.25) is 5.91 Å². The smallest absolute Gasteiger partial charge is 0.226 e. The van der Waals surface area contributed by atoms with Gasteiger partial charge in [-0.15, -0.1) is 0 Å². The second-order valence-electron chi connectivity index (χ2n) is 1.87. The van der Waals surface area contributed by atoms with E-state index in [0.717, 1.165) is 6.54 Å². The van der Waals surface area contributed by atoms with Crippen LogP contribution in [0.3, 0.4) is 0 Å². The zero-order valence-corrected chi connectivity index (χ0v) is 5.24. The Morgan fingerprint density at radius 1 is 1.75 bits per heavy atom. The van der Waals surface area contributed by atoms with Gasteiger partial charge >= 0.3 is 0 Å². The predicted molar refractivity (Wildman–Crippen MR) is 24.3 cm³/mol. The summed E-state index contributed by atoms with van der Waals surface area (Å²) in [5.74, 6) is 0.139. The molecule has 1 fully saturated rings. The van der Waals surface area contributed by atoms with Crippen LogP contribution in [0, 0.1) is 0 Å². The summed E-state index contributed by atoms with van der Waals surface area (Å²) in [5.41, 5.74) is 3.70. The Balaban J connectivity index is 0.000000490. The Labute approximate surface area is 54.0 Å². The number of amides is 1. The molecule has 1 atom stereocenters. The Hall–Kier alpha value is -0.280. The molecule has 0 aromatic rings. The summed E-state index contributed by atoms with van der Waals surface area (Å²) < 4.78 is 0. The largest absolute Gasteiger partial charge is 1.00 e. The maximum Gasteiger partial charge on any atom is 0.226 e. The quantitative estimate of drug-likeness (QED) is 0.345. The number of nitrogens with one attached hydrogen (secondary N) is 1. The Bertz CT molecular complexity index is 96.0. The molecule has 48 valence electrons. The first-order chi connectivity index (χ1) is 3.29. The number of halogens is 1. The summed E-state index contributed by atoms with van der Waals surface area (Å²) in [6.45, 7) is 0.763. The van der Waals surface area contributed by atoms with Crippen molar-refractivity contribution in [1.82, 2.24) is 5.32 Å². The summed E-state index contributed by atoms with van der Waals surface area (Å²) in [7, 11) is 0. The van der Waals surface area contributed by atoms with Crippen molar-refractivity contribution < 1.29 is 22.9 Å². The van der Waals surface area contributed by atoms with Crippen LogP contribution in [0.1, 0.15) is 6.42 Å². The highest BCUT2D eigenvalue weighted by atomic mass is 35.5. The van der Waals surface area contributed by atoms with Crippen LogP contribution in [0.5, 0.6) is 0 Å². The maximum atomic E-state index is 10.3. The summed E-state index contributed by atoms with van der Waals surface area (Å²) >= 11 is 0. The van der Waals surface area contributed by atoms with Crippen LogP contribution in [0.2, 0.25) is 0 Å². The van der Waals surface area contributed by atoms with Crippen molar-refractivity contribution >= 4 is 5.91 Å². The van der Waals surface area contributed by atoms with Crippen molar-refractivity contribution in [2.75, 3.05) is 6.54 Å². The lowest BCUT2D eigenvalue weighted by atomic mass is 10.3. The molecule has 4 heteroatoms. The van der Waals surface area contributed by atoms with Crippen molar-refractivity contribution in [3.8, 4) is 0 Å². The van der Waals surface area contributed by atoms with Gasteiger partial charge < -0.3 is 23.5 Å². The zero-order chi connectivity index (χ0) is 5.28. The minimum Gasteiger partial charge on any atom is -1.00 e. The molecule has 4 N–H and O–H groups in total. The lowest BCUT2D eigenvalue weighted by molar-refractivity contribution is -0.411. The van der Waals surface area contributed by atoms with Crippen LogP contribution in [0.4, 0.5) is 0 Å². The maximum absolute atomic E-state index is 10.3. The van der Waals surface area contributed by atoms with E-state index in [4.69, 9.17) is 0 Å². The van der Waals surface area contributed by atoms with E-state index in [1.165, 1.54) is 0 Å². The minimum absolute atomic E-state index is 0. The molecule has 1 aliphatic rings. The number of quaternary nitrogens is 1. The Morgan fingerprint density at radius 2 is 2.38 bits per heavy atom. The third-order valence-corrected chi connectivity index (χ3v) is 1.06. The normalized spacial score (nSPS) is 26.6. The average Bonchev–Trinajstić information content (AvgIpc) is 1.87. The first-order valence-corrected chi connectivity index (χ1v) is 2.39. The van der Waals surface area contributed by atoms with Crippen LogP contribution >= 0.6 is 0 Å². The van der Waals surface area contributed by atoms with Crippen molar-refractivity contribution in [2.45, 2.75) is 12.5 Å². The number of hydrogen-bond acceptors (Lipinski definition) is 1. The van der Waals surface area contributed by atoms with Gasteiger partial charge in [-0.1, -0.05) is 0 Å². The molecule has 0 radical (unpaired) electrons. The average molecular weight is 137 g/mol. The molecule has 0 aromatic carbocycles. The number of carbonyl (C=O) groups is 1. The lowest BCUT2D eigenvalue weighted by Crippen LogP contribution is -3.00. The molecular formula is C4H9ClN2O. The monoisotopic (exact) mass is 136 g/mol. The van der Waals surface area contributed by atoms with Crippen LogP contribution in [-0.2, 0) is 4.79 Å². The molecule has 1 heterocycles. The minimum atomic E-state index is 0. The van der Waals surface area contributed by atoms with Gasteiger partial charge in [0, 0.05) is 0 Å². The summed E-state index contributed by atoms with van der Waals surface area (Å²) in [4.78, 5) is 10.3. The van der Waals surface area contributed by atoms with Gasteiger partial charge in [0.05, 0.1) is 13.0 Å². The summed E-state index contributed by atoms with van der Waals surface area (Å²) in [5, 5.41) is 2.67. The fourth-order valence-electron chi connectivity index (χ4n) is 0.665. The number of rotatable bonds is 0. The molecule has 0 aromatic heterocycles. The number of carbonyl (C=O) groups excluding carboxylic acids is 1. The molecule has 1 amide bonds. The van der Waals surface area contributed by atoms with E-state index in [2.05, 4.69) is 11.1 Å². The molecule has 8 heavy (non-hydrogen) atoms. The Kier molecular flexibility index (Phi) is 2.79. The van der Waals surface area contributed by atoms with Gasteiger partial charge in [0.1, 0.15) is 6.04 Å². The van der Waals surface area contributed by atoms with E-state index in [9.17, 15) is 4.79 Å². The van der Waals surface area contributed by atoms with Crippen molar-refractivity contribution in [3.05, 3.63) is 0 Å². The van der Waals surface area contributed by atoms with Crippen LogP contribution in [-0.4, -0.2) is 18.5 Å². The second kappa shape index (κ2) is 2.89. The van der Waals surface area contributed by atoms with Crippen molar-refractivity contribution in [3.63, 3.8) is 0 Å². The molecule has 1 saturated heterocycles. The van der Waals surface area contributed by atoms with E-state index >= 15 is 0 Å². The SMILES string of the molecule is [Cl-].[NH3+]C1CNC(=O)C1. The third-order valence-electron chi connectivity index (χ3n) is 1.06. The molecule has 3 nitrogen and oxygen atoms in total. The number of hydrogen-bond donors (Lipinski definition) is 2. The molecule has 1 unspecified atom stereocenters. The highest BCUT2D eigenvalue weighted by molar-refractivity contribution is 5.78. The molecule has 1 aliphatic heterocycles. The first-order valence-electron chi connectivity index (χ1n) is 2.39. The topological polar surface area (TPSA) is 56.7 Å². The fourth-order valence-corrected chi connectivity index (χ4v) is 0.665. The predicted octanol–water partition coefficient (Wildman–Crippen LogP) is -4.88. The van der Waals surface area contributed by atoms with Gasteiger partial charge in [-0.2, -0.15) is 0 Å². The second-order valence-corrected chi connectivity index (χ2v) is 1.87. The highest BCUT2D eigenvalue weighted by Gasteiger charge is 2.19. The molecule has 0 spiro atoms. The molecular weight excluding hydrogens is 128 g/mol. The first kappa shape index (κ1) is 7.72. The van der Waals surface area contributed by atoms with E-state index in [0.29, 0.717) is 12.5 Å².